The van der Waals surface area contributed by atoms with Crippen LogP contribution in [0.15, 0.2) is 57.3 Å². The van der Waals surface area contributed by atoms with Gasteiger partial charge < -0.3 is 4.74 Å². The molecule has 0 fully saturated rings. The molecule has 0 unspecified atom stereocenters. The van der Waals surface area contributed by atoms with Gasteiger partial charge in [-0.05, 0) is 12.1 Å². The molecule has 0 aliphatic rings. The molecule has 0 bridgehead atoms. The highest BCUT2D eigenvalue weighted by atomic mass is 32.2. The lowest BCUT2D eigenvalue weighted by atomic mass is 10.4. The van der Waals surface area contributed by atoms with E-state index in [9.17, 15) is 22.0 Å². The standard InChI is InChI=1S/C17H9F5N2OS2/c18-12-7-11(15(20)17(22)23-12)26-8-25-10-6-13(24-16(21)14(10)19)27-9-4-2-1-3-5-9/h1-7H,8H2. The zero-order chi connectivity index (χ0) is 19.4. The van der Waals surface area contributed by atoms with Crippen LogP contribution < -0.4 is 4.74 Å². The fraction of sp³-hybridized carbons (Fsp3) is 0.0588. The summed E-state index contributed by atoms with van der Waals surface area (Å²) in [5.74, 6) is -7.71. The molecular weight excluding hydrogens is 407 g/mol. The summed E-state index contributed by atoms with van der Waals surface area (Å²) in [6, 6.07) is 10.7. The second-order valence-electron chi connectivity index (χ2n) is 4.93. The Balaban J connectivity index is 1.73. The number of aromatic nitrogens is 2. The third kappa shape index (κ3) is 4.89. The van der Waals surface area contributed by atoms with E-state index in [1.807, 2.05) is 0 Å². The third-order valence-corrected chi connectivity index (χ3v) is 4.88. The summed E-state index contributed by atoms with van der Waals surface area (Å²) in [5.41, 5.74) is 0. The number of halogens is 5. The number of pyridine rings is 2. The monoisotopic (exact) mass is 416 g/mol. The molecule has 2 heterocycles. The highest BCUT2D eigenvalue weighted by Gasteiger charge is 2.17. The molecule has 0 saturated carbocycles. The van der Waals surface area contributed by atoms with Gasteiger partial charge >= 0.3 is 0 Å². The zero-order valence-corrected chi connectivity index (χ0v) is 14.9. The normalized spacial score (nSPS) is 10.9. The van der Waals surface area contributed by atoms with Crippen molar-refractivity contribution in [3.8, 4) is 5.75 Å². The number of ether oxygens (including phenoxy) is 1. The maximum absolute atomic E-state index is 13.9. The van der Waals surface area contributed by atoms with Gasteiger partial charge in [-0.25, -0.2) is 9.37 Å². The van der Waals surface area contributed by atoms with Crippen LogP contribution in [-0.2, 0) is 0 Å². The van der Waals surface area contributed by atoms with Crippen LogP contribution in [0.1, 0.15) is 0 Å². The molecule has 140 valence electrons. The van der Waals surface area contributed by atoms with Crippen LogP contribution in [0, 0.1) is 29.5 Å². The predicted molar refractivity (Wildman–Crippen MR) is 90.2 cm³/mol. The van der Waals surface area contributed by atoms with E-state index < -0.39 is 46.1 Å². The van der Waals surface area contributed by atoms with Crippen LogP contribution in [0.25, 0.3) is 0 Å². The van der Waals surface area contributed by atoms with E-state index in [1.165, 1.54) is 6.07 Å². The third-order valence-electron chi connectivity index (χ3n) is 3.11. The zero-order valence-electron chi connectivity index (χ0n) is 13.3. The van der Waals surface area contributed by atoms with Gasteiger partial charge in [0, 0.05) is 17.0 Å². The van der Waals surface area contributed by atoms with E-state index in [-0.39, 0.29) is 5.03 Å². The molecule has 27 heavy (non-hydrogen) atoms. The molecule has 0 atom stereocenters. The van der Waals surface area contributed by atoms with Crippen molar-refractivity contribution in [3.63, 3.8) is 0 Å². The molecule has 0 spiro atoms. The number of nitrogens with zero attached hydrogens (tertiary/aromatic N) is 2. The first-order valence-electron chi connectivity index (χ1n) is 7.30. The Labute approximate surface area is 159 Å². The van der Waals surface area contributed by atoms with Crippen LogP contribution in [0.2, 0.25) is 0 Å². The van der Waals surface area contributed by atoms with Gasteiger partial charge in [0.05, 0.1) is 4.90 Å². The van der Waals surface area contributed by atoms with Gasteiger partial charge in [0.15, 0.2) is 11.6 Å². The van der Waals surface area contributed by atoms with Crippen molar-refractivity contribution >= 4 is 23.5 Å². The molecule has 0 N–H and O–H groups in total. The van der Waals surface area contributed by atoms with Crippen molar-refractivity contribution in [2.24, 2.45) is 0 Å². The molecule has 0 aliphatic heterocycles. The van der Waals surface area contributed by atoms with E-state index in [0.29, 0.717) is 17.8 Å². The molecule has 0 amide bonds. The van der Waals surface area contributed by atoms with Crippen LogP contribution in [0.5, 0.6) is 5.75 Å². The summed E-state index contributed by atoms with van der Waals surface area (Å²) in [4.78, 5) is 6.54. The molecule has 2 aromatic heterocycles. The van der Waals surface area contributed by atoms with Crippen molar-refractivity contribution in [2.45, 2.75) is 14.8 Å². The van der Waals surface area contributed by atoms with Crippen LogP contribution in [-0.4, -0.2) is 15.9 Å². The van der Waals surface area contributed by atoms with Crippen molar-refractivity contribution in [1.29, 1.82) is 0 Å². The van der Waals surface area contributed by atoms with E-state index in [1.54, 1.807) is 30.3 Å². The average Bonchev–Trinajstić information content (AvgIpc) is 2.63. The minimum atomic E-state index is -1.60. The van der Waals surface area contributed by atoms with Gasteiger partial charge in [0.2, 0.25) is 11.8 Å². The Morgan fingerprint density at radius 2 is 1.56 bits per heavy atom. The predicted octanol–water partition coefficient (Wildman–Crippen LogP) is 5.45. The topological polar surface area (TPSA) is 35.0 Å². The Hall–Kier alpha value is -2.33. The molecule has 1 aromatic carbocycles. The van der Waals surface area contributed by atoms with E-state index in [2.05, 4.69) is 9.97 Å². The molecule has 10 heteroatoms. The number of rotatable bonds is 6. The Morgan fingerprint density at radius 1 is 0.852 bits per heavy atom. The fourth-order valence-corrected chi connectivity index (χ4v) is 3.46. The lowest BCUT2D eigenvalue weighted by Crippen LogP contribution is -2.02. The second-order valence-corrected chi connectivity index (χ2v) is 6.99. The molecule has 3 nitrogen and oxygen atoms in total. The van der Waals surface area contributed by atoms with Crippen molar-refractivity contribution < 1.29 is 26.7 Å². The summed E-state index contributed by atoms with van der Waals surface area (Å²) >= 11 is 1.65. The van der Waals surface area contributed by atoms with Gasteiger partial charge in [-0.2, -0.15) is 22.5 Å². The smallest absolute Gasteiger partial charge is 0.253 e. The van der Waals surface area contributed by atoms with Crippen molar-refractivity contribution in [1.82, 2.24) is 9.97 Å². The van der Waals surface area contributed by atoms with Gasteiger partial charge in [-0.15, -0.1) is 0 Å². The number of hydrogen-bond donors (Lipinski definition) is 0. The maximum Gasteiger partial charge on any atom is 0.253 e. The number of thioether (sulfide) groups is 1. The maximum atomic E-state index is 13.9. The highest BCUT2D eigenvalue weighted by molar-refractivity contribution is 7.99. The van der Waals surface area contributed by atoms with Crippen LogP contribution in [0.3, 0.4) is 0 Å². The van der Waals surface area contributed by atoms with Gasteiger partial charge in [-0.3, -0.25) is 0 Å². The Kier molecular flexibility index (Phi) is 6.17. The largest absolute Gasteiger partial charge is 0.479 e. The summed E-state index contributed by atoms with van der Waals surface area (Å²) in [6.07, 6.45) is 0. The van der Waals surface area contributed by atoms with Crippen LogP contribution >= 0.6 is 23.5 Å². The molecule has 0 radical (unpaired) electrons. The fourth-order valence-electron chi connectivity index (χ4n) is 1.93. The summed E-state index contributed by atoms with van der Waals surface area (Å²) in [6.45, 7) is 0. The molecule has 0 aliphatic carbocycles. The highest BCUT2D eigenvalue weighted by Crippen LogP contribution is 2.32. The molecule has 3 rings (SSSR count). The van der Waals surface area contributed by atoms with Gasteiger partial charge in [0.1, 0.15) is 11.0 Å². The lowest BCUT2D eigenvalue weighted by Gasteiger charge is -2.10. The van der Waals surface area contributed by atoms with E-state index in [0.717, 1.165) is 16.7 Å². The molecular formula is C17H9F5N2OS2. The van der Waals surface area contributed by atoms with Crippen molar-refractivity contribution in [3.05, 3.63) is 71.9 Å². The van der Waals surface area contributed by atoms with E-state index in [4.69, 9.17) is 4.74 Å². The first-order valence-corrected chi connectivity index (χ1v) is 9.10. The second kappa shape index (κ2) is 8.57. The first kappa shape index (κ1) is 19.4. The van der Waals surface area contributed by atoms with Crippen molar-refractivity contribution in [2.75, 3.05) is 5.94 Å². The Bertz CT molecular complexity index is 960. The van der Waals surface area contributed by atoms with Gasteiger partial charge in [0.25, 0.3) is 11.9 Å². The first-order chi connectivity index (χ1) is 12.9. The van der Waals surface area contributed by atoms with Gasteiger partial charge in [-0.1, -0.05) is 41.7 Å². The number of hydrogen-bond acceptors (Lipinski definition) is 5. The summed E-state index contributed by atoms with van der Waals surface area (Å²) in [5, 5.41) is 0.146. The van der Waals surface area contributed by atoms with Crippen LogP contribution in [0.4, 0.5) is 22.0 Å². The Morgan fingerprint density at radius 3 is 2.30 bits per heavy atom. The number of benzene rings is 1. The minimum Gasteiger partial charge on any atom is -0.479 e. The summed E-state index contributed by atoms with van der Waals surface area (Å²) in [7, 11) is 0. The quantitative estimate of drug-likeness (QED) is 0.231. The SMILES string of the molecule is Fc1cc(SCOc2cc(Sc3ccccc3)nc(F)c2F)c(F)c(F)n1. The summed E-state index contributed by atoms with van der Waals surface area (Å²) < 4.78 is 72.3. The molecule has 3 aromatic rings. The molecule has 0 saturated heterocycles. The lowest BCUT2D eigenvalue weighted by molar-refractivity contribution is 0.346. The average molecular weight is 416 g/mol. The van der Waals surface area contributed by atoms with E-state index >= 15 is 0 Å². The minimum absolute atomic E-state index is 0.146.